The van der Waals surface area contributed by atoms with Gasteiger partial charge in [-0.05, 0) is 24.3 Å². The first-order valence-electron chi connectivity index (χ1n) is 6.04. The van der Waals surface area contributed by atoms with E-state index in [1.807, 2.05) is 12.1 Å². The van der Waals surface area contributed by atoms with Gasteiger partial charge in [0.2, 0.25) is 0 Å². The molecule has 3 heterocycles. The quantitative estimate of drug-likeness (QED) is 0.530. The third-order valence-corrected chi connectivity index (χ3v) is 3.06. The molecule has 1 aromatic carbocycles. The Labute approximate surface area is 112 Å². The Morgan fingerprint density at radius 2 is 1.90 bits per heavy atom. The Morgan fingerprint density at radius 1 is 1.00 bits per heavy atom. The van der Waals surface area contributed by atoms with E-state index in [-0.39, 0.29) is 5.82 Å². The normalized spacial score (nSPS) is 11.2. The SMILES string of the molecule is Fc1ccccc1-c1nc2c3cccnc3ncn2n1. The molecule has 3 aromatic heterocycles. The molecule has 96 valence electrons. The van der Waals surface area contributed by atoms with E-state index < -0.39 is 0 Å². The van der Waals surface area contributed by atoms with E-state index in [4.69, 9.17) is 0 Å². The zero-order valence-corrected chi connectivity index (χ0v) is 10.2. The van der Waals surface area contributed by atoms with Gasteiger partial charge in [-0.15, -0.1) is 5.10 Å². The minimum absolute atomic E-state index is 0.334. The molecule has 0 spiro atoms. The molecule has 4 aromatic rings. The largest absolute Gasteiger partial charge is 0.236 e. The van der Waals surface area contributed by atoms with Crippen LogP contribution in [0.15, 0.2) is 48.9 Å². The van der Waals surface area contributed by atoms with Crippen LogP contribution in [0.4, 0.5) is 4.39 Å². The monoisotopic (exact) mass is 265 g/mol. The summed E-state index contributed by atoms with van der Waals surface area (Å²) in [5.74, 6) is -0.0138. The molecule has 0 amide bonds. The lowest BCUT2D eigenvalue weighted by atomic mass is 10.2. The average molecular weight is 265 g/mol. The molecule has 0 aliphatic carbocycles. The van der Waals surface area contributed by atoms with Gasteiger partial charge >= 0.3 is 0 Å². The van der Waals surface area contributed by atoms with Crippen molar-refractivity contribution >= 4 is 16.7 Å². The van der Waals surface area contributed by atoms with Crippen molar-refractivity contribution in [1.29, 1.82) is 0 Å². The summed E-state index contributed by atoms with van der Waals surface area (Å²) in [6.45, 7) is 0. The summed E-state index contributed by atoms with van der Waals surface area (Å²) in [5, 5.41) is 5.05. The van der Waals surface area contributed by atoms with E-state index in [1.54, 1.807) is 24.4 Å². The molecular weight excluding hydrogens is 257 g/mol. The molecule has 4 rings (SSSR count). The van der Waals surface area contributed by atoms with E-state index in [0.29, 0.717) is 22.7 Å². The molecular formula is C14H8FN5. The third kappa shape index (κ3) is 1.55. The first-order valence-corrected chi connectivity index (χ1v) is 6.04. The van der Waals surface area contributed by atoms with E-state index in [0.717, 1.165) is 5.39 Å². The second kappa shape index (κ2) is 4.06. The maximum absolute atomic E-state index is 13.8. The van der Waals surface area contributed by atoms with E-state index >= 15 is 0 Å². The van der Waals surface area contributed by atoms with Crippen molar-refractivity contribution in [3.63, 3.8) is 0 Å². The van der Waals surface area contributed by atoms with Gasteiger partial charge in [0.15, 0.2) is 17.1 Å². The highest BCUT2D eigenvalue weighted by Crippen LogP contribution is 2.21. The highest BCUT2D eigenvalue weighted by atomic mass is 19.1. The lowest BCUT2D eigenvalue weighted by Gasteiger charge is -1.95. The summed E-state index contributed by atoms with van der Waals surface area (Å²) < 4.78 is 15.3. The molecule has 0 aliphatic rings. The Morgan fingerprint density at radius 3 is 2.80 bits per heavy atom. The number of benzene rings is 1. The van der Waals surface area contributed by atoms with Gasteiger partial charge in [0.05, 0.1) is 10.9 Å². The molecule has 0 unspecified atom stereocenters. The fourth-order valence-corrected chi connectivity index (χ4v) is 2.13. The molecule has 6 heteroatoms. The Balaban J connectivity index is 2.04. The van der Waals surface area contributed by atoms with Crippen LogP contribution in [0.25, 0.3) is 28.1 Å². The van der Waals surface area contributed by atoms with Gasteiger partial charge in [-0.2, -0.15) is 0 Å². The molecule has 0 saturated carbocycles. The number of fused-ring (bicyclic) bond motifs is 3. The van der Waals surface area contributed by atoms with Crippen molar-refractivity contribution in [3.8, 4) is 11.4 Å². The Hall–Kier alpha value is -2.89. The van der Waals surface area contributed by atoms with Gasteiger partial charge in [0, 0.05) is 6.20 Å². The van der Waals surface area contributed by atoms with Crippen LogP contribution in [0, 0.1) is 5.82 Å². The summed E-state index contributed by atoms with van der Waals surface area (Å²) >= 11 is 0. The molecule has 0 radical (unpaired) electrons. The molecule has 0 N–H and O–H groups in total. The number of hydrogen-bond acceptors (Lipinski definition) is 4. The predicted molar refractivity (Wildman–Crippen MR) is 71.5 cm³/mol. The van der Waals surface area contributed by atoms with Crippen molar-refractivity contribution in [2.75, 3.05) is 0 Å². The lowest BCUT2D eigenvalue weighted by molar-refractivity contribution is 0.630. The van der Waals surface area contributed by atoms with Crippen LogP contribution < -0.4 is 0 Å². The molecule has 0 fully saturated rings. The van der Waals surface area contributed by atoms with E-state index in [1.165, 1.54) is 16.9 Å². The zero-order valence-electron chi connectivity index (χ0n) is 10.2. The zero-order chi connectivity index (χ0) is 13.5. The maximum Gasteiger partial charge on any atom is 0.185 e. The third-order valence-electron chi connectivity index (χ3n) is 3.06. The van der Waals surface area contributed by atoms with Crippen molar-refractivity contribution in [2.45, 2.75) is 0 Å². The summed E-state index contributed by atoms with van der Waals surface area (Å²) in [6, 6.07) is 10.1. The van der Waals surface area contributed by atoms with E-state index in [9.17, 15) is 4.39 Å². The Bertz CT molecular complexity index is 931. The molecule has 0 bridgehead atoms. The number of rotatable bonds is 1. The minimum Gasteiger partial charge on any atom is -0.236 e. The highest BCUT2D eigenvalue weighted by Gasteiger charge is 2.12. The van der Waals surface area contributed by atoms with Crippen LogP contribution in [0.5, 0.6) is 0 Å². The summed E-state index contributed by atoms with van der Waals surface area (Å²) in [4.78, 5) is 12.8. The first kappa shape index (κ1) is 11.0. The first-order chi connectivity index (χ1) is 9.83. The lowest BCUT2D eigenvalue weighted by Crippen LogP contribution is -1.92. The van der Waals surface area contributed by atoms with Crippen molar-refractivity contribution < 1.29 is 4.39 Å². The van der Waals surface area contributed by atoms with Gasteiger partial charge in [0.1, 0.15) is 12.1 Å². The number of hydrogen-bond donors (Lipinski definition) is 0. The van der Waals surface area contributed by atoms with Gasteiger partial charge in [-0.25, -0.2) is 23.9 Å². The van der Waals surface area contributed by atoms with Gasteiger partial charge in [0.25, 0.3) is 0 Å². The molecule has 5 nitrogen and oxygen atoms in total. The van der Waals surface area contributed by atoms with Gasteiger partial charge in [-0.1, -0.05) is 12.1 Å². The van der Waals surface area contributed by atoms with E-state index in [2.05, 4.69) is 20.1 Å². The van der Waals surface area contributed by atoms with Crippen LogP contribution in [0.1, 0.15) is 0 Å². The summed E-state index contributed by atoms with van der Waals surface area (Å²) in [6.07, 6.45) is 3.20. The molecule has 20 heavy (non-hydrogen) atoms. The molecule has 0 atom stereocenters. The molecule has 0 saturated heterocycles. The number of aromatic nitrogens is 5. The Kier molecular flexibility index (Phi) is 2.23. The van der Waals surface area contributed by atoms with Crippen LogP contribution >= 0.6 is 0 Å². The average Bonchev–Trinajstić information content (AvgIpc) is 2.92. The topological polar surface area (TPSA) is 56.0 Å². The number of pyridine rings is 1. The van der Waals surface area contributed by atoms with Gasteiger partial charge < -0.3 is 0 Å². The van der Waals surface area contributed by atoms with Gasteiger partial charge in [-0.3, -0.25) is 0 Å². The standard InChI is InChI=1S/C14H8FN5/c15-11-6-2-1-4-9(11)13-18-14-10-5-3-7-16-12(10)17-8-20(14)19-13/h1-8H. The van der Waals surface area contributed by atoms with Crippen LogP contribution in [-0.2, 0) is 0 Å². The summed E-state index contributed by atoms with van der Waals surface area (Å²) in [7, 11) is 0. The minimum atomic E-state index is -0.348. The highest BCUT2D eigenvalue weighted by molar-refractivity contribution is 5.88. The van der Waals surface area contributed by atoms with Crippen LogP contribution in [0.3, 0.4) is 0 Å². The van der Waals surface area contributed by atoms with Crippen molar-refractivity contribution in [2.24, 2.45) is 0 Å². The summed E-state index contributed by atoms with van der Waals surface area (Å²) in [5.41, 5.74) is 1.57. The number of halogens is 1. The van der Waals surface area contributed by atoms with Crippen LogP contribution in [-0.4, -0.2) is 24.6 Å². The fourth-order valence-electron chi connectivity index (χ4n) is 2.13. The fraction of sp³-hybridized carbons (Fsp3) is 0. The predicted octanol–water partition coefficient (Wildman–Crippen LogP) is 2.48. The maximum atomic E-state index is 13.8. The van der Waals surface area contributed by atoms with Crippen molar-refractivity contribution in [1.82, 2.24) is 24.6 Å². The smallest absolute Gasteiger partial charge is 0.185 e. The second-order valence-corrected chi connectivity index (χ2v) is 4.30. The van der Waals surface area contributed by atoms with Crippen LogP contribution in [0.2, 0.25) is 0 Å². The number of nitrogens with zero attached hydrogens (tertiary/aromatic N) is 5. The molecule has 0 aliphatic heterocycles. The van der Waals surface area contributed by atoms with Crippen molar-refractivity contribution in [3.05, 3.63) is 54.7 Å². The second-order valence-electron chi connectivity index (χ2n) is 4.30.